The van der Waals surface area contributed by atoms with Crippen LogP contribution in [0.25, 0.3) is 32.7 Å². The van der Waals surface area contributed by atoms with Crippen molar-refractivity contribution in [3.8, 4) is 11.1 Å². The van der Waals surface area contributed by atoms with Gasteiger partial charge in [-0.25, -0.2) is 0 Å². The first-order valence-corrected chi connectivity index (χ1v) is 18.3. The van der Waals surface area contributed by atoms with E-state index in [9.17, 15) is 0 Å². The van der Waals surface area contributed by atoms with Crippen molar-refractivity contribution in [1.82, 2.24) is 0 Å². The molecule has 4 heteroatoms. The first-order valence-electron chi connectivity index (χ1n) is 10.0. The molecule has 0 atom stereocenters. The van der Waals surface area contributed by atoms with Crippen LogP contribution in [0.15, 0.2) is 103 Å². The van der Waals surface area contributed by atoms with Crippen molar-refractivity contribution in [1.29, 1.82) is 0 Å². The average molecular weight is 541 g/mol. The molecule has 31 heavy (non-hydrogen) atoms. The number of benzene rings is 3. The van der Waals surface area contributed by atoms with E-state index in [1.54, 1.807) is 0 Å². The van der Waals surface area contributed by atoms with Crippen LogP contribution in [0.3, 0.4) is 0 Å². The second-order valence-corrected chi connectivity index (χ2v) is 11.7. The molecule has 0 unspecified atom stereocenters. The van der Waals surface area contributed by atoms with Crippen molar-refractivity contribution in [3.05, 3.63) is 109 Å². The quantitative estimate of drug-likeness (QED) is 0.147. The standard InChI is InChI=1S/C16H13.C9H7.C2H6Si.2ClH.Zr/c1-12-10-14-8-5-9-15(16(14)11-12)13-6-3-2-4-7-13;1-2-5-9-7-3-6-8(9)4-1;1-3-2;;;/h2-11H,1H3;1-7H;1-2H3;2*1H;/q2*-1;;;;+4/p-2. The van der Waals surface area contributed by atoms with Crippen LogP contribution in [0.1, 0.15) is 5.56 Å². The molecule has 0 fully saturated rings. The minimum Gasteiger partial charge on any atom is -0.168 e. The van der Waals surface area contributed by atoms with E-state index in [0.717, 1.165) is 9.52 Å². The molecule has 0 saturated carbocycles. The second kappa shape index (κ2) is 14.6. The Morgan fingerprint density at radius 1 is 0.774 bits per heavy atom. The summed E-state index contributed by atoms with van der Waals surface area (Å²) in [6.07, 6.45) is 0. The van der Waals surface area contributed by atoms with Crippen LogP contribution < -0.4 is 0 Å². The van der Waals surface area contributed by atoms with E-state index in [4.69, 9.17) is 17.0 Å². The largest absolute Gasteiger partial charge is 0.168 e. The molecule has 0 saturated heterocycles. The Bertz CT molecular complexity index is 1110. The Hall–Kier alpha value is -1.44. The molecule has 0 aliphatic rings. The summed E-state index contributed by atoms with van der Waals surface area (Å²) < 4.78 is 0. The van der Waals surface area contributed by atoms with Crippen LogP contribution in [0.2, 0.25) is 13.1 Å². The smallest absolute Gasteiger partial charge is 0.0809 e. The zero-order chi connectivity index (χ0) is 22.5. The third-order valence-electron chi connectivity index (χ3n) is 4.53. The molecule has 5 aromatic rings. The summed E-state index contributed by atoms with van der Waals surface area (Å²) in [6.45, 7) is 6.45. The van der Waals surface area contributed by atoms with E-state index in [0.29, 0.717) is 0 Å². The van der Waals surface area contributed by atoms with E-state index in [1.807, 2.05) is 0 Å². The Balaban J connectivity index is 0.000000192. The molecular weight excluding hydrogens is 515 g/mol. The van der Waals surface area contributed by atoms with Gasteiger partial charge in [0.05, 0.1) is 0 Å². The first kappa shape index (κ1) is 25.8. The molecule has 5 aromatic carbocycles. The van der Waals surface area contributed by atoms with Crippen molar-refractivity contribution in [2.45, 2.75) is 20.0 Å². The van der Waals surface area contributed by atoms with Crippen LogP contribution in [0.5, 0.6) is 0 Å². The third kappa shape index (κ3) is 8.20. The fourth-order valence-electron chi connectivity index (χ4n) is 3.32. The fraction of sp³-hybridized carbons (Fsp3) is 0.111. The molecule has 156 valence electrons. The van der Waals surface area contributed by atoms with Gasteiger partial charge in [-0.05, 0) is 5.56 Å². The molecule has 0 aliphatic carbocycles. The number of halogens is 2. The monoisotopic (exact) mass is 538 g/mol. The Kier molecular flexibility index (Phi) is 12.2. The molecule has 0 spiro atoms. The molecule has 0 N–H and O–H groups in total. The molecule has 0 heterocycles. The first-order chi connectivity index (χ1) is 15.1. The van der Waals surface area contributed by atoms with Crippen molar-refractivity contribution in [2.24, 2.45) is 0 Å². The van der Waals surface area contributed by atoms with Gasteiger partial charge in [-0.1, -0.05) is 68.0 Å². The Morgan fingerprint density at radius 3 is 2.06 bits per heavy atom. The van der Waals surface area contributed by atoms with Gasteiger partial charge >= 0.3 is 37.9 Å². The number of hydrogen-bond donors (Lipinski definition) is 0. The van der Waals surface area contributed by atoms with Crippen molar-refractivity contribution < 1.29 is 20.8 Å². The van der Waals surface area contributed by atoms with Crippen molar-refractivity contribution in [3.63, 3.8) is 0 Å². The maximum absolute atomic E-state index is 4.93. The molecule has 5 rings (SSSR count). The Labute approximate surface area is 207 Å². The summed E-state index contributed by atoms with van der Waals surface area (Å²) in [4.78, 5) is 0. The van der Waals surface area contributed by atoms with E-state index >= 15 is 0 Å². The summed E-state index contributed by atoms with van der Waals surface area (Å²) in [5.41, 5.74) is 3.95. The second-order valence-electron chi connectivity index (χ2n) is 6.93. The van der Waals surface area contributed by atoms with Crippen LogP contribution in [-0.2, 0) is 20.8 Å². The minimum atomic E-state index is -0.826. The van der Waals surface area contributed by atoms with Gasteiger partial charge < -0.3 is 0 Å². The number of rotatable bonds is 1. The summed E-state index contributed by atoms with van der Waals surface area (Å²) in [5, 5.41) is 5.35. The molecule has 0 aromatic heterocycles. The molecule has 0 amide bonds. The van der Waals surface area contributed by atoms with E-state index < -0.39 is 20.8 Å². The van der Waals surface area contributed by atoms with E-state index in [2.05, 4.69) is 123 Å². The number of fused-ring (bicyclic) bond motifs is 2. The number of hydrogen-bond acceptors (Lipinski definition) is 0. The van der Waals surface area contributed by atoms with E-state index in [1.165, 1.54) is 38.2 Å². The molecule has 2 radical (unpaired) electrons. The molecule has 0 aliphatic heterocycles. The van der Waals surface area contributed by atoms with Crippen LogP contribution in [-0.4, -0.2) is 9.52 Å². The zero-order valence-corrected chi connectivity index (χ0v) is 23.0. The van der Waals surface area contributed by atoms with Gasteiger partial charge in [-0.2, -0.15) is 23.6 Å². The predicted octanol–water partition coefficient (Wildman–Crippen LogP) is 9.26. The SMILES string of the molecule is C[Si]C.Cc1cc2c(-c3ccccc3)cccc2[cH-]1.[Cl][Zr+2][Cl].c1ccc2[cH-]ccc2c1. The maximum Gasteiger partial charge on any atom is -0.0809 e. The van der Waals surface area contributed by atoms with Gasteiger partial charge in [-0.15, -0.1) is 64.2 Å². The third-order valence-corrected chi connectivity index (χ3v) is 4.53. The summed E-state index contributed by atoms with van der Waals surface area (Å²) in [6, 6.07) is 36.2. The van der Waals surface area contributed by atoms with Crippen molar-refractivity contribution in [2.75, 3.05) is 0 Å². The molecular formula is C27H26Cl2SiZr. The zero-order valence-electron chi connectivity index (χ0n) is 18.1. The summed E-state index contributed by atoms with van der Waals surface area (Å²) in [7, 11) is 11.0. The van der Waals surface area contributed by atoms with Gasteiger partial charge in [0.25, 0.3) is 0 Å². The maximum atomic E-state index is 4.93. The molecule has 0 bridgehead atoms. The predicted molar refractivity (Wildman–Crippen MR) is 138 cm³/mol. The van der Waals surface area contributed by atoms with Gasteiger partial charge in [0.1, 0.15) is 0 Å². The van der Waals surface area contributed by atoms with Gasteiger partial charge in [0.2, 0.25) is 0 Å². The molecule has 0 nitrogen and oxygen atoms in total. The van der Waals surface area contributed by atoms with Crippen molar-refractivity contribution >= 4 is 48.1 Å². The summed E-state index contributed by atoms with van der Waals surface area (Å²) >= 11 is -0.826. The van der Waals surface area contributed by atoms with Gasteiger partial charge in [0.15, 0.2) is 0 Å². The fourth-order valence-corrected chi connectivity index (χ4v) is 3.32. The van der Waals surface area contributed by atoms with Crippen LogP contribution in [0, 0.1) is 6.92 Å². The summed E-state index contributed by atoms with van der Waals surface area (Å²) in [5.74, 6) is 0. The topological polar surface area (TPSA) is 0 Å². The minimum absolute atomic E-state index is 0.826. The number of aryl methyl sites for hydroxylation is 1. The van der Waals surface area contributed by atoms with Gasteiger partial charge in [-0.3, -0.25) is 0 Å². The van der Waals surface area contributed by atoms with E-state index in [-0.39, 0.29) is 0 Å². The van der Waals surface area contributed by atoms with Gasteiger partial charge in [0, 0.05) is 9.52 Å². The normalized spacial score (nSPS) is 9.45. The Morgan fingerprint density at radius 2 is 1.39 bits per heavy atom. The van der Waals surface area contributed by atoms with Crippen LogP contribution in [0.4, 0.5) is 0 Å². The average Bonchev–Trinajstić information content (AvgIpc) is 3.41. The van der Waals surface area contributed by atoms with Crippen LogP contribution >= 0.6 is 17.0 Å².